The van der Waals surface area contributed by atoms with Gasteiger partial charge in [0.2, 0.25) is 5.79 Å². The smallest absolute Gasteiger partial charge is 0.361 e. The highest BCUT2D eigenvalue weighted by atomic mass is 35.5. The Kier molecular flexibility index (Phi) is 4.98. The second-order valence-electron chi connectivity index (χ2n) is 5.35. The molecule has 0 spiro atoms. The molecular formula is C13H17ClF3N3O2. The Labute approximate surface area is 131 Å². The van der Waals surface area contributed by atoms with E-state index in [2.05, 4.69) is 15.2 Å². The molecule has 0 amide bonds. The molecule has 2 aliphatic rings. The van der Waals surface area contributed by atoms with Crippen LogP contribution >= 0.6 is 12.4 Å². The van der Waals surface area contributed by atoms with Gasteiger partial charge >= 0.3 is 6.18 Å². The number of aliphatic hydroxyl groups is 1. The van der Waals surface area contributed by atoms with E-state index in [4.69, 9.17) is 4.74 Å². The molecule has 1 aromatic rings. The molecule has 5 nitrogen and oxygen atoms in total. The van der Waals surface area contributed by atoms with E-state index in [1.54, 1.807) is 0 Å². The number of hydrogen-bond donors (Lipinski definition) is 2. The van der Waals surface area contributed by atoms with E-state index in [1.807, 2.05) is 0 Å². The number of alkyl halides is 3. The van der Waals surface area contributed by atoms with Gasteiger partial charge in [-0.25, -0.2) is 0 Å². The fourth-order valence-electron chi connectivity index (χ4n) is 2.70. The summed E-state index contributed by atoms with van der Waals surface area (Å²) in [5.41, 5.74) is -0.738. The molecule has 0 saturated carbocycles. The first-order valence-corrected chi connectivity index (χ1v) is 6.73. The molecule has 9 heteroatoms. The van der Waals surface area contributed by atoms with Gasteiger partial charge in [0.15, 0.2) is 0 Å². The molecule has 2 saturated heterocycles. The Balaban J connectivity index is 0.00000176. The molecule has 1 aromatic heterocycles. The summed E-state index contributed by atoms with van der Waals surface area (Å²) in [4.78, 5) is 5.46. The maximum Gasteiger partial charge on any atom is 0.433 e. The predicted octanol–water partition coefficient (Wildman–Crippen LogP) is 0.971. The number of aromatic nitrogens is 1. The molecular weight excluding hydrogens is 323 g/mol. The van der Waals surface area contributed by atoms with Crippen LogP contribution in [0.1, 0.15) is 11.3 Å². The molecule has 2 aliphatic heterocycles. The van der Waals surface area contributed by atoms with Gasteiger partial charge < -0.3 is 15.2 Å². The van der Waals surface area contributed by atoms with Gasteiger partial charge in [0.05, 0.1) is 13.2 Å². The summed E-state index contributed by atoms with van der Waals surface area (Å²) in [6, 6.07) is 2.26. The van der Waals surface area contributed by atoms with Crippen LogP contribution in [0.15, 0.2) is 18.3 Å². The first kappa shape index (κ1) is 17.4. The molecule has 22 heavy (non-hydrogen) atoms. The first-order valence-electron chi connectivity index (χ1n) is 6.73. The lowest BCUT2D eigenvalue weighted by Gasteiger charge is -2.46. The van der Waals surface area contributed by atoms with Crippen molar-refractivity contribution in [2.24, 2.45) is 0 Å². The number of piperazine rings is 1. The maximum atomic E-state index is 12.5. The minimum Gasteiger partial charge on any atom is -0.361 e. The van der Waals surface area contributed by atoms with E-state index in [0.717, 1.165) is 31.9 Å². The molecule has 2 N–H and O–H groups in total. The highest BCUT2D eigenvalue weighted by Gasteiger charge is 2.42. The van der Waals surface area contributed by atoms with E-state index in [-0.39, 0.29) is 30.6 Å². The summed E-state index contributed by atoms with van der Waals surface area (Å²) in [6.45, 7) is 2.92. The van der Waals surface area contributed by atoms with Gasteiger partial charge in [-0.2, -0.15) is 13.2 Å². The lowest BCUT2D eigenvalue weighted by Crippen LogP contribution is -2.62. The quantitative estimate of drug-likeness (QED) is 0.798. The molecule has 3 rings (SSSR count). The molecule has 0 aliphatic carbocycles. The summed E-state index contributed by atoms with van der Waals surface area (Å²) in [7, 11) is 0. The van der Waals surface area contributed by atoms with Crippen molar-refractivity contribution in [3.05, 3.63) is 29.6 Å². The van der Waals surface area contributed by atoms with Crippen LogP contribution < -0.4 is 5.32 Å². The fraction of sp³-hybridized carbons (Fsp3) is 0.615. The van der Waals surface area contributed by atoms with Gasteiger partial charge in [0.1, 0.15) is 5.69 Å². The average molecular weight is 340 g/mol. The van der Waals surface area contributed by atoms with Crippen LogP contribution in [-0.2, 0) is 16.7 Å². The number of halogens is 4. The normalized spacial score (nSPS) is 29.5. The van der Waals surface area contributed by atoms with Gasteiger partial charge in [0.25, 0.3) is 0 Å². The lowest BCUT2D eigenvalue weighted by molar-refractivity contribution is -0.263. The topological polar surface area (TPSA) is 57.6 Å². The predicted molar refractivity (Wildman–Crippen MR) is 74.6 cm³/mol. The summed E-state index contributed by atoms with van der Waals surface area (Å²) in [6.07, 6.45) is -3.45. The second-order valence-corrected chi connectivity index (χ2v) is 5.35. The average Bonchev–Trinajstić information content (AvgIpc) is 2.46. The van der Waals surface area contributed by atoms with Crippen LogP contribution in [0.3, 0.4) is 0 Å². The molecule has 0 aromatic carbocycles. The summed E-state index contributed by atoms with van der Waals surface area (Å²) in [5, 5.41) is 13.8. The van der Waals surface area contributed by atoms with Crippen LogP contribution in [-0.4, -0.2) is 53.8 Å². The van der Waals surface area contributed by atoms with Crippen LogP contribution in [0.25, 0.3) is 0 Å². The molecule has 3 heterocycles. The van der Waals surface area contributed by atoms with Crippen molar-refractivity contribution in [2.75, 3.05) is 32.8 Å². The third-order valence-electron chi connectivity index (χ3n) is 3.91. The standard InChI is InChI=1S/C13H16F3N3O2.ClH/c14-13(15,16)11-2-1-9(5-18-11)12(20)8-19-4-3-17-6-10(19)7-21-12;/h1-2,5,10,17,20H,3-4,6-8H2;1H/t10-,12-;/m0./s1. The van der Waals surface area contributed by atoms with Crippen molar-refractivity contribution in [1.82, 2.24) is 15.2 Å². The van der Waals surface area contributed by atoms with Crippen molar-refractivity contribution in [3.8, 4) is 0 Å². The van der Waals surface area contributed by atoms with E-state index in [0.29, 0.717) is 6.61 Å². The molecule has 2 fully saturated rings. The number of morpholine rings is 1. The number of ether oxygens (including phenoxy) is 1. The van der Waals surface area contributed by atoms with Crippen LogP contribution in [0.5, 0.6) is 0 Å². The van der Waals surface area contributed by atoms with Gasteiger partial charge in [0, 0.05) is 37.4 Å². The second kappa shape index (κ2) is 6.29. The number of rotatable bonds is 1. The van der Waals surface area contributed by atoms with Crippen molar-refractivity contribution in [3.63, 3.8) is 0 Å². The van der Waals surface area contributed by atoms with Crippen molar-refractivity contribution >= 4 is 12.4 Å². The van der Waals surface area contributed by atoms with Crippen molar-refractivity contribution < 1.29 is 23.0 Å². The van der Waals surface area contributed by atoms with E-state index < -0.39 is 17.7 Å². The Bertz CT molecular complexity index is 514. The third-order valence-corrected chi connectivity index (χ3v) is 3.91. The van der Waals surface area contributed by atoms with Crippen LogP contribution in [0.4, 0.5) is 13.2 Å². The Morgan fingerprint density at radius 3 is 2.82 bits per heavy atom. The highest BCUT2D eigenvalue weighted by Crippen LogP contribution is 2.32. The van der Waals surface area contributed by atoms with Crippen molar-refractivity contribution in [2.45, 2.75) is 18.0 Å². The van der Waals surface area contributed by atoms with Gasteiger partial charge in [-0.05, 0) is 12.1 Å². The Hall–Kier alpha value is -0.930. The molecule has 0 unspecified atom stereocenters. The first-order chi connectivity index (χ1) is 9.88. The van der Waals surface area contributed by atoms with Gasteiger partial charge in [-0.15, -0.1) is 12.4 Å². The Morgan fingerprint density at radius 2 is 2.18 bits per heavy atom. The minimum atomic E-state index is -4.49. The SMILES string of the molecule is Cl.O[C@@]1(c2ccc(C(F)(F)F)nc2)CN2CCNC[C@H]2CO1. The molecule has 124 valence electrons. The summed E-state index contributed by atoms with van der Waals surface area (Å²) in [5.74, 6) is -1.61. The largest absolute Gasteiger partial charge is 0.433 e. The Morgan fingerprint density at radius 1 is 1.41 bits per heavy atom. The molecule has 0 bridgehead atoms. The fourth-order valence-corrected chi connectivity index (χ4v) is 2.70. The summed E-state index contributed by atoms with van der Waals surface area (Å²) >= 11 is 0. The molecule has 2 atom stereocenters. The minimum absolute atomic E-state index is 0. The number of hydrogen-bond acceptors (Lipinski definition) is 5. The third kappa shape index (κ3) is 3.36. The zero-order chi connectivity index (χ0) is 15.1. The number of nitrogens with zero attached hydrogens (tertiary/aromatic N) is 2. The summed E-state index contributed by atoms with van der Waals surface area (Å²) < 4.78 is 43.0. The zero-order valence-electron chi connectivity index (χ0n) is 11.6. The lowest BCUT2D eigenvalue weighted by atomic mass is 10.0. The number of pyridine rings is 1. The van der Waals surface area contributed by atoms with Crippen molar-refractivity contribution in [1.29, 1.82) is 0 Å². The monoisotopic (exact) mass is 339 g/mol. The van der Waals surface area contributed by atoms with Gasteiger partial charge in [-0.3, -0.25) is 9.88 Å². The van der Waals surface area contributed by atoms with E-state index >= 15 is 0 Å². The van der Waals surface area contributed by atoms with E-state index in [9.17, 15) is 18.3 Å². The van der Waals surface area contributed by atoms with Crippen LogP contribution in [0.2, 0.25) is 0 Å². The number of fused-ring (bicyclic) bond motifs is 1. The zero-order valence-corrected chi connectivity index (χ0v) is 12.5. The van der Waals surface area contributed by atoms with E-state index in [1.165, 1.54) is 6.07 Å². The molecule has 0 radical (unpaired) electrons. The highest BCUT2D eigenvalue weighted by molar-refractivity contribution is 5.85. The van der Waals surface area contributed by atoms with Crippen LogP contribution in [0, 0.1) is 0 Å². The number of nitrogens with one attached hydrogen (secondary N) is 1. The maximum absolute atomic E-state index is 12.5. The van der Waals surface area contributed by atoms with Gasteiger partial charge in [-0.1, -0.05) is 0 Å².